The number of rotatable bonds is 4. The van der Waals surface area contributed by atoms with Crippen molar-refractivity contribution in [2.45, 2.75) is 26.2 Å². The number of nitrogens with two attached hydrogens (primary N) is 1. The lowest BCUT2D eigenvalue weighted by atomic mass is 10.1. The van der Waals surface area contributed by atoms with Gasteiger partial charge in [0.05, 0.1) is 0 Å². The smallest absolute Gasteiger partial charge is 0.229 e. The maximum Gasteiger partial charge on any atom is 0.229 e. The maximum absolute atomic E-state index is 5.53. The molecular weight excluding hydrogens is 294 g/mol. The highest BCUT2D eigenvalue weighted by Crippen LogP contribution is 2.25. The Balaban J connectivity index is 2.29. The highest BCUT2D eigenvalue weighted by Gasteiger charge is 2.15. The minimum atomic E-state index is 0.201. The highest BCUT2D eigenvalue weighted by atomic mass is 79.9. The topological polar surface area (TPSA) is 64.9 Å². The summed E-state index contributed by atoms with van der Waals surface area (Å²) < 4.78 is 6.34. The molecule has 1 aromatic carbocycles. The van der Waals surface area contributed by atoms with Crippen LogP contribution in [0.5, 0.6) is 0 Å². The summed E-state index contributed by atoms with van der Waals surface area (Å²) in [4.78, 5) is 4.44. The summed E-state index contributed by atoms with van der Waals surface area (Å²) in [6.07, 6.45) is 0.848. The van der Waals surface area contributed by atoms with Crippen LogP contribution < -0.4 is 5.73 Å². The van der Waals surface area contributed by atoms with E-state index in [4.69, 9.17) is 10.3 Å². The van der Waals surface area contributed by atoms with Crippen LogP contribution in [0.2, 0.25) is 0 Å². The minimum Gasteiger partial charge on any atom is -0.339 e. The summed E-state index contributed by atoms with van der Waals surface area (Å²) in [6.45, 7) is 4.69. The van der Waals surface area contributed by atoms with Gasteiger partial charge in [0, 0.05) is 16.0 Å². The zero-order valence-electron chi connectivity index (χ0n) is 10.5. The fourth-order valence-electron chi connectivity index (χ4n) is 1.80. The van der Waals surface area contributed by atoms with Crippen LogP contribution in [0.4, 0.5) is 0 Å². The molecule has 2 N–H and O–H groups in total. The molecule has 18 heavy (non-hydrogen) atoms. The van der Waals surface area contributed by atoms with Gasteiger partial charge in [0.2, 0.25) is 11.7 Å². The summed E-state index contributed by atoms with van der Waals surface area (Å²) in [5.74, 6) is 1.49. The SMILES string of the molecule is Cc1cc(Br)ccc1-c1noc(C(C)CCN)n1. The van der Waals surface area contributed by atoms with Gasteiger partial charge in [0.25, 0.3) is 0 Å². The predicted octanol–water partition coefficient (Wildman–Crippen LogP) is 3.26. The fourth-order valence-corrected chi connectivity index (χ4v) is 2.27. The molecule has 1 aromatic heterocycles. The summed E-state index contributed by atoms with van der Waals surface area (Å²) >= 11 is 3.44. The second-order valence-electron chi connectivity index (χ2n) is 4.39. The molecule has 5 heteroatoms. The van der Waals surface area contributed by atoms with Crippen molar-refractivity contribution < 1.29 is 4.52 Å². The molecule has 2 aromatic rings. The maximum atomic E-state index is 5.53. The summed E-state index contributed by atoms with van der Waals surface area (Å²) in [6, 6.07) is 6.00. The van der Waals surface area contributed by atoms with Gasteiger partial charge in [0.15, 0.2) is 0 Å². The summed E-state index contributed by atoms with van der Waals surface area (Å²) in [5.41, 5.74) is 7.64. The molecule has 1 unspecified atom stereocenters. The van der Waals surface area contributed by atoms with E-state index in [9.17, 15) is 0 Å². The van der Waals surface area contributed by atoms with Gasteiger partial charge in [-0.25, -0.2) is 0 Å². The van der Waals surface area contributed by atoms with Crippen LogP contribution in [-0.2, 0) is 0 Å². The van der Waals surface area contributed by atoms with Crippen molar-refractivity contribution >= 4 is 15.9 Å². The van der Waals surface area contributed by atoms with E-state index in [-0.39, 0.29) is 5.92 Å². The molecule has 1 heterocycles. The molecule has 4 nitrogen and oxygen atoms in total. The number of halogens is 1. The largest absolute Gasteiger partial charge is 0.339 e. The molecule has 0 saturated heterocycles. The van der Waals surface area contributed by atoms with E-state index < -0.39 is 0 Å². The molecule has 2 rings (SSSR count). The van der Waals surface area contributed by atoms with Gasteiger partial charge in [-0.1, -0.05) is 28.0 Å². The molecule has 0 aliphatic heterocycles. The Bertz CT molecular complexity index is 539. The summed E-state index contributed by atoms with van der Waals surface area (Å²) in [7, 11) is 0. The van der Waals surface area contributed by atoms with Gasteiger partial charge >= 0.3 is 0 Å². The fraction of sp³-hybridized carbons (Fsp3) is 0.385. The normalized spacial score (nSPS) is 12.7. The van der Waals surface area contributed by atoms with E-state index >= 15 is 0 Å². The molecular formula is C13H16BrN3O. The van der Waals surface area contributed by atoms with Gasteiger partial charge < -0.3 is 10.3 Å². The predicted molar refractivity (Wildman–Crippen MR) is 74.3 cm³/mol. The number of nitrogens with zero attached hydrogens (tertiary/aromatic N) is 2. The molecule has 0 saturated carbocycles. The van der Waals surface area contributed by atoms with Crippen molar-refractivity contribution in [3.05, 3.63) is 34.1 Å². The van der Waals surface area contributed by atoms with Crippen LogP contribution in [0.1, 0.15) is 30.7 Å². The average molecular weight is 310 g/mol. The molecule has 0 aliphatic rings. The minimum absolute atomic E-state index is 0.201. The lowest BCUT2D eigenvalue weighted by molar-refractivity contribution is 0.355. The van der Waals surface area contributed by atoms with Gasteiger partial charge in [-0.15, -0.1) is 0 Å². The van der Waals surface area contributed by atoms with Crippen molar-refractivity contribution in [3.8, 4) is 11.4 Å². The van der Waals surface area contributed by atoms with Crippen LogP contribution in [0.3, 0.4) is 0 Å². The van der Waals surface area contributed by atoms with E-state index in [0.717, 1.165) is 22.0 Å². The Hall–Kier alpha value is -1.20. The third-order valence-electron chi connectivity index (χ3n) is 2.89. The van der Waals surface area contributed by atoms with Gasteiger partial charge in [-0.3, -0.25) is 0 Å². The Kier molecular flexibility index (Phi) is 4.14. The standard InChI is InChI=1S/C13H16BrN3O/c1-8(5-6-15)13-16-12(17-18-13)11-4-3-10(14)7-9(11)2/h3-4,7-8H,5-6,15H2,1-2H3. The lowest BCUT2D eigenvalue weighted by Crippen LogP contribution is -2.04. The molecule has 0 radical (unpaired) electrons. The van der Waals surface area contributed by atoms with E-state index in [2.05, 4.69) is 26.1 Å². The number of benzene rings is 1. The van der Waals surface area contributed by atoms with Crippen LogP contribution in [0, 0.1) is 6.92 Å². The van der Waals surface area contributed by atoms with E-state index in [1.807, 2.05) is 32.0 Å². The van der Waals surface area contributed by atoms with E-state index in [1.165, 1.54) is 0 Å². The van der Waals surface area contributed by atoms with Crippen LogP contribution >= 0.6 is 15.9 Å². The van der Waals surface area contributed by atoms with Crippen molar-refractivity contribution in [3.63, 3.8) is 0 Å². The first kappa shape index (κ1) is 13.2. The van der Waals surface area contributed by atoms with Crippen molar-refractivity contribution in [1.29, 1.82) is 0 Å². The van der Waals surface area contributed by atoms with Crippen LogP contribution in [-0.4, -0.2) is 16.7 Å². The number of aromatic nitrogens is 2. The quantitative estimate of drug-likeness (QED) is 0.941. The number of aryl methyl sites for hydroxylation is 1. The molecule has 0 amide bonds. The average Bonchev–Trinajstić information content (AvgIpc) is 2.78. The molecule has 0 aliphatic carbocycles. The number of hydrogen-bond donors (Lipinski definition) is 1. The Morgan fingerprint density at radius 1 is 1.44 bits per heavy atom. The Morgan fingerprint density at radius 3 is 2.89 bits per heavy atom. The second-order valence-corrected chi connectivity index (χ2v) is 5.31. The zero-order valence-corrected chi connectivity index (χ0v) is 12.1. The molecule has 96 valence electrons. The number of hydrogen-bond acceptors (Lipinski definition) is 4. The summed E-state index contributed by atoms with van der Waals surface area (Å²) in [5, 5.41) is 4.04. The first-order valence-corrected chi connectivity index (χ1v) is 6.71. The first-order valence-electron chi connectivity index (χ1n) is 5.92. The Morgan fingerprint density at radius 2 is 2.22 bits per heavy atom. The first-order chi connectivity index (χ1) is 8.61. The zero-order chi connectivity index (χ0) is 13.1. The second kappa shape index (κ2) is 5.63. The Labute approximate surface area is 115 Å². The molecule has 0 bridgehead atoms. The monoisotopic (exact) mass is 309 g/mol. The molecule has 0 spiro atoms. The van der Waals surface area contributed by atoms with Crippen LogP contribution in [0.25, 0.3) is 11.4 Å². The van der Waals surface area contributed by atoms with E-state index in [0.29, 0.717) is 18.3 Å². The van der Waals surface area contributed by atoms with Crippen molar-refractivity contribution in [2.75, 3.05) is 6.54 Å². The lowest BCUT2D eigenvalue weighted by Gasteiger charge is -2.02. The van der Waals surface area contributed by atoms with E-state index in [1.54, 1.807) is 0 Å². The highest BCUT2D eigenvalue weighted by molar-refractivity contribution is 9.10. The van der Waals surface area contributed by atoms with Crippen molar-refractivity contribution in [1.82, 2.24) is 10.1 Å². The van der Waals surface area contributed by atoms with Crippen molar-refractivity contribution in [2.24, 2.45) is 5.73 Å². The van der Waals surface area contributed by atoms with Gasteiger partial charge in [-0.05, 0) is 43.7 Å². The van der Waals surface area contributed by atoms with Gasteiger partial charge in [0.1, 0.15) is 0 Å². The molecule has 1 atom stereocenters. The van der Waals surface area contributed by atoms with Crippen LogP contribution in [0.15, 0.2) is 27.2 Å². The molecule has 0 fully saturated rings. The third-order valence-corrected chi connectivity index (χ3v) is 3.39. The third kappa shape index (κ3) is 2.79. The van der Waals surface area contributed by atoms with Gasteiger partial charge in [-0.2, -0.15) is 4.98 Å².